The number of rotatable bonds is 5. The third-order valence-electron chi connectivity index (χ3n) is 5.10. The topological polar surface area (TPSA) is 50.4 Å². The standard InChI is InChI=1S/C20H21FN2O2/c21-17-4-2-1-3-16(17)10-20(12-22-13-20)19(24)23-11-14-5-6-18-15(9-14)7-8-25-18/h1-6,9,22H,7-8,10-13H2,(H,23,24). The van der Waals surface area contributed by atoms with E-state index in [4.69, 9.17) is 4.74 Å². The summed E-state index contributed by atoms with van der Waals surface area (Å²) in [7, 11) is 0. The number of nitrogens with one attached hydrogen (secondary N) is 2. The summed E-state index contributed by atoms with van der Waals surface area (Å²) in [5.41, 5.74) is 2.28. The highest BCUT2D eigenvalue weighted by Crippen LogP contribution is 2.30. The van der Waals surface area contributed by atoms with Crippen LogP contribution in [0.2, 0.25) is 0 Å². The number of hydrogen-bond acceptors (Lipinski definition) is 3. The van der Waals surface area contributed by atoms with E-state index in [0.29, 0.717) is 31.6 Å². The first kappa shape index (κ1) is 16.1. The Bertz CT molecular complexity index is 802. The zero-order valence-corrected chi connectivity index (χ0v) is 14.0. The fraction of sp³-hybridized carbons (Fsp3) is 0.350. The van der Waals surface area contributed by atoms with E-state index in [0.717, 1.165) is 24.3 Å². The second kappa shape index (κ2) is 6.48. The first-order valence-corrected chi connectivity index (χ1v) is 8.63. The largest absolute Gasteiger partial charge is 0.493 e. The van der Waals surface area contributed by atoms with Gasteiger partial charge in [-0.3, -0.25) is 4.79 Å². The molecule has 25 heavy (non-hydrogen) atoms. The molecule has 4 rings (SSSR count). The van der Waals surface area contributed by atoms with Gasteiger partial charge in [0.15, 0.2) is 0 Å². The highest BCUT2D eigenvalue weighted by Gasteiger charge is 2.44. The van der Waals surface area contributed by atoms with Crippen molar-refractivity contribution in [2.45, 2.75) is 19.4 Å². The van der Waals surface area contributed by atoms with E-state index in [1.165, 1.54) is 11.6 Å². The van der Waals surface area contributed by atoms with Gasteiger partial charge in [-0.1, -0.05) is 30.3 Å². The smallest absolute Gasteiger partial charge is 0.229 e. The van der Waals surface area contributed by atoms with Gasteiger partial charge in [-0.25, -0.2) is 4.39 Å². The number of amides is 1. The molecular weight excluding hydrogens is 319 g/mol. The van der Waals surface area contributed by atoms with E-state index < -0.39 is 5.41 Å². The Morgan fingerprint density at radius 3 is 2.84 bits per heavy atom. The van der Waals surface area contributed by atoms with Crippen molar-refractivity contribution in [3.05, 3.63) is 65.0 Å². The number of hydrogen-bond donors (Lipinski definition) is 2. The normalized spacial score (nSPS) is 17.3. The molecular formula is C20H21FN2O2. The molecule has 5 heteroatoms. The summed E-state index contributed by atoms with van der Waals surface area (Å²) in [6, 6.07) is 12.7. The average molecular weight is 340 g/mol. The zero-order valence-electron chi connectivity index (χ0n) is 14.0. The summed E-state index contributed by atoms with van der Waals surface area (Å²) < 4.78 is 19.5. The molecule has 0 unspecified atom stereocenters. The van der Waals surface area contributed by atoms with E-state index in [2.05, 4.69) is 16.7 Å². The molecule has 0 atom stereocenters. The highest BCUT2D eigenvalue weighted by atomic mass is 19.1. The van der Waals surface area contributed by atoms with Crippen molar-refractivity contribution in [2.75, 3.05) is 19.7 Å². The fourth-order valence-electron chi connectivity index (χ4n) is 3.52. The van der Waals surface area contributed by atoms with Crippen LogP contribution < -0.4 is 15.4 Å². The molecule has 0 saturated carbocycles. The van der Waals surface area contributed by atoms with E-state index in [1.807, 2.05) is 18.2 Å². The Labute approximate surface area is 146 Å². The molecule has 1 amide bonds. The van der Waals surface area contributed by atoms with Crippen molar-refractivity contribution in [1.29, 1.82) is 0 Å². The monoisotopic (exact) mass is 340 g/mol. The van der Waals surface area contributed by atoms with Gasteiger partial charge in [-0.15, -0.1) is 0 Å². The summed E-state index contributed by atoms with van der Waals surface area (Å²) in [6.07, 6.45) is 1.33. The lowest BCUT2D eigenvalue weighted by Gasteiger charge is -2.41. The summed E-state index contributed by atoms with van der Waals surface area (Å²) in [4.78, 5) is 12.8. The molecule has 2 N–H and O–H groups in total. The quantitative estimate of drug-likeness (QED) is 0.877. The van der Waals surface area contributed by atoms with E-state index in [1.54, 1.807) is 12.1 Å². The van der Waals surface area contributed by atoms with Gasteiger partial charge in [-0.2, -0.15) is 0 Å². The molecule has 1 fully saturated rings. The molecule has 0 spiro atoms. The number of ether oxygens (including phenoxy) is 1. The Kier molecular flexibility index (Phi) is 4.17. The Morgan fingerprint density at radius 2 is 2.08 bits per heavy atom. The number of benzene rings is 2. The van der Waals surface area contributed by atoms with Gasteiger partial charge < -0.3 is 15.4 Å². The van der Waals surface area contributed by atoms with Crippen LogP contribution in [0.5, 0.6) is 5.75 Å². The van der Waals surface area contributed by atoms with Crippen molar-refractivity contribution in [2.24, 2.45) is 5.41 Å². The van der Waals surface area contributed by atoms with Crippen molar-refractivity contribution in [1.82, 2.24) is 10.6 Å². The number of carbonyl (C=O) groups excluding carboxylic acids is 1. The van der Waals surface area contributed by atoms with Crippen LogP contribution in [0.3, 0.4) is 0 Å². The number of carbonyl (C=O) groups is 1. The molecule has 2 aliphatic rings. The van der Waals surface area contributed by atoms with Gasteiger partial charge >= 0.3 is 0 Å². The Hall–Kier alpha value is -2.40. The van der Waals surface area contributed by atoms with Crippen LogP contribution in [0.15, 0.2) is 42.5 Å². The van der Waals surface area contributed by atoms with E-state index in [-0.39, 0.29) is 11.7 Å². The molecule has 130 valence electrons. The van der Waals surface area contributed by atoms with Gasteiger partial charge in [0.05, 0.1) is 12.0 Å². The van der Waals surface area contributed by atoms with Crippen LogP contribution in [0.25, 0.3) is 0 Å². The maximum Gasteiger partial charge on any atom is 0.229 e. The second-order valence-electron chi connectivity index (χ2n) is 6.88. The molecule has 2 aromatic carbocycles. The Morgan fingerprint density at radius 1 is 1.24 bits per heavy atom. The van der Waals surface area contributed by atoms with Crippen LogP contribution in [-0.4, -0.2) is 25.6 Å². The number of halogens is 1. The first-order valence-electron chi connectivity index (χ1n) is 8.63. The van der Waals surface area contributed by atoms with Crippen molar-refractivity contribution < 1.29 is 13.9 Å². The third-order valence-corrected chi connectivity index (χ3v) is 5.10. The molecule has 4 nitrogen and oxygen atoms in total. The molecule has 1 saturated heterocycles. The minimum Gasteiger partial charge on any atom is -0.493 e. The lowest BCUT2D eigenvalue weighted by molar-refractivity contribution is -0.134. The van der Waals surface area contributed by atoms with Gasteiger partial charge in [0.2, 0.25) is 5.91 Å². The first-order chi connectivity index (χ1) is 12.2. The summed E-state index contributed by atoms with van der Waals surface area (Å²) in [5, 5.41) is 6.19. The number of fused-ring (bicyclic) bond motifs is 1. The fourth-order valence-corrected chi connectivity index (χ4v) is 3.52. The maximum absolute atomic E-state index is 14.0. The molecule has 2 heterocycles. The lowest BCUT2D eigenvalue weighted by atomic mass is 9.75. The summed E-state index contributed by atoms with van der Waals surface area (Å²) >= 11 is 0. The molecule has 2 aliphatic heterocycles. The molecule has 0 aromatic heterocycles. The van der Waals surface area contributed by atoms with Crippen LogP contribution in [-0.2, 0) is 24.2 Å². The van der Waals surface area contributed by atoms with Gasteiger partial charge in [0.25, 0.3) is 0 Å². The van der Waals surface area contributed by atoms with E-state index >= 15 is 0 Å². The van der Waals surface area contributed by atoms with Crippen LogP contribution in [0.1, 0.15) is 16.7 Å². The minimum absolute atomic E-state index is 0.0220. The van der Waals surface area contributed by atoms with Crippen molar-refractivity contribution >= 4 is 5.91 Å². The summed E-state index contributed by atoms with van der Waals surface area (Å²) in [5.74, 6) is 0.667. The summed E-state index contributed by atoms with van der Waals surface area (Å²) in [6.45, 7) is 2.35. The maximum atomic E-state index is 14.0. The van der Waals surface area contributed by atoms with Crippen molar-refractivity contribution in [3.63, 3.8) is 0 Å². The van der Waals surface area contributed by atoms with Crippen LogP contribution in [0, 0.1) is 11.2 Å². The van der Waals surface area contributed by atoms with E-state index in [9.17, 15) is 9.18 Å². The Balaban J connectivity index is 1.43. The van der Waals surface area contributed by atoms with Gasteiger partial charge in [0.1, 0.15) is 11.6 Å². The zero-order chi connectivity index (χ0) is 17.3. The minimum atomic E-state index is -0.567. The average Bonchev–Trinajstić information content (AvgIpc) is 3.05. The van der Waals surface area contributed by atoms with Gasteiger partial charge in [0, 0.05) is 26.1 Å². The van der Waals surface area contributed by atoms with Crippen molar-refractivity contribution in [3.8, 4) is 5.75 Å². The third kappa shape index (κ3) is 3.12. The molecule has 0 bridgehead atoms. The predicted octanol–water partition coefficient (Wildman–Crippen LogP) is 2.21. The molecule has 2 aromatic rings. The second-order valence-corrected chi connectivity index (χ2v) is 6.88. The SMILES string of the molecule is O=C(NCc1ccc2c(c1)CCO2)C1(Cc2ccccc2F)CNC1. The lowest BCUT2D eigenvalue weighted by Crippen LogP contribution is -2.62. The molecule has 0 radical (unpaired) electrons. The van der Waals surface area contributed by atoms with Crippen LogP contribution >= 0.6 is 0 Å². The van der Waals surface area contributed by atoms with Crippen LogP contribution in [0.4, 0.5) is 4.39 Å². The van der Waals surface area contributed by atoms with Gasteiger partial charge in [-0.05, 0) is 35.2 Å². The predicted molar refractivity (Wildman–Crippen MR) is 92.9 cm³/mol. The highest BCUT2D eigenvalue weighted by molar-refractivity contribution is 5.84. The molecule has 0 aliphatic carbocycles.